The summed E-state index contributed by atoms with van der Waals surface area (Å²) in [6.45, 7) is 7.31. The summed E-state index contributed by atoms with van der Waals surface area (Å²) in [6.07, 6.45) is 0.835. The number of hydrogen-bond acceptors (Lipinski definition) is 4. The van der Waals surface area contributed by atoms with Crippen molar-refractivity contribution in [1.29, 1.82) is 0 Å². The maximum absolute atomic E-state index is 11.8. The average molecular weight is 255 g/mol. The maximum atomic E-state index is 11.8. The molecular formula is C11H17N3O2S. The van der Waals surface area contributed by atoms with Crippen LogP contribution in [-0.2, 0) is 4.79 Å². The van der Waals surface area contributed by atoms with Gasteiger partial charge in [0.15, 0.2) is 5.13 Å². The van der Waals surface area contributed by atoms with Crippen molar-refractivity contribution in [2.24, 2.45) is 0 Å². The molecule has 2 amide bonds. The molecule has 0 aliphatic carbocycles. The molecule has 0 aliphatic rings. The number of aromatic nitrogens is 1. The lowest BCUT2D eigenvalue weighted by atomic mass is 10.0. The molecule has 0 radical (unpaired) electrons. The van der Waals surface area contributed by atoms with Crippen LogP contribution in [-0.4, -0.2) is 22.3 Å². The Balaban J connectivity index is 2.70. The molecule has 0 saturated carbocycles. The number of nitrogens with one attached hydrogen (secondary N) is 2. The van der Waals surface area contributed by atoms with Crippen molar-refractivity contribution in [2.45, 2.75) is 39.7 Å². The minimum absolute atomic E-state index is 0.194. The van der Waals surface area contributed by atoms with Gasteiger partial charge in [-0.1, -0.05) is 6.92 Å². The highest BCUT2D eigenvalue weighted by Gasteiger charge is 2.20. The van der Waals surface area contributed by atoms with Crippen LogP contribution in [0.3, 0.4) is 0 Å². The van der Waals surface area contributed by atoms with E-state index in [0.29, 0.717) is 10.8 Å². The topological polar surface area (TPSA) is 71.1 Å². The number of rotatable bonds is 4. The highest BCUT2D eigenvalue weighted by molar-refractivity contribution is 7.14. The van der Waals surface area contributed by atoms with Crippen LogP contribution in [0.4, 0.5) is 5.13 Å². The molecule has 0 unspecified atom stereocenters. The number of hydrogen-bond donors (Lipinski definition) is 2. The van der Waals surface area contributed by atoms with Crippen LogP contribution in [0, 0.1) is 0 Å². The quantitative estimate of drug-likeness (QED) is 0.864. The Labute approximate surface area is 105 Å². The van der Waals surface area contributed by atoms with Crippen molar-refractivity contribution in [1.82, 2.24) is 10.3 Å². The van der Waals surface area contributed by atoms with Crippen molar-refractivity contribution in [3.8, 4) is 0 Å². The average Bonchev–Trinajstić information content (AvgIpc) is 2.64. The smallest absolute Gasteiger partial charge is 0.271 e. The number of thiazole rings is 1. The van der Waals surface area contributed by atoms with Gasteiger partial charge in [0.2, 0.25) is 5.91 Å². The lowest BCUT2D eigenvalue weighted by Gasteiger charge is -2.23. The Hall–Kier alpha value is -1.43. The molecule has 1 aromatic rings. The van der Waals surface area contributed by atoms with E-state index >= 15 is 0 Å². The van der Waals surface area contributed by atoms with E-state index in [1.807, 2.05) is 20.8 Å². The van der Waals surface area contributed by atoms with E-state index in [9.17, 15) is 9.59 Å². The molecule has 1 rings (SSSR count). The molecule has 1 aromatic heterocycles. The molecule has 1 heterocycles. The van der Waals surface area contributed by atoms with Crippen molar-refractivity contribution in [3.63, 3.8) is 0 Å². The lowest BCUT2D eigenvalue weighted by molar-refractivity contribution is -0.114. The Morgan fingerprint density at radius 2 is 2.12 bits per heavy atom. The molecular weight excluding hydrogens is 238 g/mol. The maximum Gasteiger partial charge on any atom is 0.271 e. The van der Waals surface area contributed by atoms with Gasteiger partial charge in [-0.15, -0.1) is 11.3 Å². The third kappa shape index (κ3) is 4.14. The van der Waals surface area contributed by atoms with Gasteiger partial charge in [0.1, 0.15) is 5.69 Å². The zero-order chi connectivity index (χ0) is 13.1. The number of nitrogens with zero attached hydrogens (tertiary/aromatic N) is 1. The SMILES string of the molecule is CCC(C)(C)NC(=O)c1csc(NC(C)=O)n1. The van der Waals surface area contributed by atoms with E-state index in [2.05, 4.69) is 15.6 Å². The van der Waals surface area contributed by atoms with Crippen molar-refractivity contribution < 1.29 is 9.59 Å². The second-order valence-corrected chi connectivity index (χ2v) is 5.27. The molecule has 0 atom stereocenters. The highest BCUT2D eigenvalue weighted by Crippen LogP contribution is 2.16. The summed E-state index contributed by atoms with van der Waals surface area (Å²) < 4.78 is 0. The Bertz CT molecular complexity index is 426. The minimum atomic E-state index is -0.255. The summed E-state index contributed by atoms with van der Waals surface area (Å²) in [5, 5.41) is 7.50. The summed E-state index contributed by atoms with van der Waals surface area (Å²) in [6, 6.07) is 0. The number of amides is 2. The second-order valence-electron chi connectivity index (χ2n) is 4.41. The summed E-state index contributed by atoms with van der Waals surface area (Å²) in [5.41, 5.74) is 0.0785. The molecule has 5 nitrogen and oxygen atoms in total. The minimum Gasteiger partial charge on any atom is -0.346 e. The van der Waals surface area contributed by atoms with Gasteiger partial charge in [-0.3, -0.25) is 9.59 Å². The van der Waals surface area contributed by atoms with Gasteiger partial charge in [-0.05, 0) is 20.3 Å². The van der Waals surface area contributed by atoms with Crippen LogP contribution in [0.1, 0.15) is 44.6 Å². The van der Waals surface area contributed by atoms with Gasteiger partial charge in [-0.2, -0.15) is 0 Å². The summed E-state index contributed by atoms with van der Waals surface area (Å²) in [4.78, 5) is 26.7. The third-order valence-electron chi connectivity index (χ3n) is 2.36. The van der Waals surface area contributed by atoms with E-state index in [-0.39, 0.29) is 17.4 Å². The first-order chi connectivity index (χ1) is 7.84. The molecule has 6 heteroatoms. The van der Waals surface area contributed by atoms with Crippen LogP contribution in [0.5, 0.6) is 0 Å². The molecule has 0 bridgehead atoms. The largest absolute Gasteiger partial charge is 0.346 e. The van der Waals surface area contributed by atoms with Gasteiger partial charge >= 0.3 is 0 Å². The summed E-state index contributed by atoms with van der Waals surface area (Å²) in [7, 11) is 0. The van der Waals surface area contributed by atoms with E-state index < -0.39 is 0 Å². The first-order valence-electron chi connectivity index (χ1n) is 5.39. The molecule has 0 saturated heterocycles. The van der Waals surface area contributed by atoms with E-state index in [0.717, 1.165) is 6.42 Å². The van der Waals surface area contributed by atoms with Gasteiger partial charge < -0.3 is 10.6 Å². The molecule has 94 valence electrons. The third-order valence-corrected chi connectivity index (χ3v) is 3.11. The van der Waals surface area contributed by atoms with Crippen molar-refractivity contribution >= 4 is 28.3 Å². The Kier molecular flexibility index (Phi) is 4.22. The number of carbonyl (C=O) groups excluding carboxylic acids is 2. The standard InChI is InChI=1S/C11H17N3O2S/c1-5-11(3,4)14-9(16)8-6-17-10(13-8)12-7(2)15/h6H,5H2,1-4H3,(H,14,16)(H,12,13,15). The summed E-state index contributed by atoms with van der Waals surface area (Å²) >= 11 is 1.24. The normalized spacial score (nSPS) is 11.1. The first kappa shape index (κ1) is 13.6. The first-order valence-corrected chi connectivity index (χ1v) is 6.27. The number of anilines is 1. The molecule has 2 N–H and O–H groups in total. The van der Waals surface area contributed by atoms with Crippen LogP contribution in [0.15, 0.2) is 5.38 Å². The fourth-order valence-electron chi connectivity index (χ4n) is 1.05. The molecule has 17 heavy (non-hydrogen) atoms. The molecule has 0 fully saturated rings. The van der Waals surface area contributed by atoms with Crippen molar-refractivity contribution in [2.75, 3.05) is 5.32 Å². The van der Waals surface area contributed by atoms with Crippen molar-refractivity contribution in [3.05, 3.63) is 11.1 Å². The van der Waals surface area contributed by atoms with Gasteiger partial charge in [0.05, 0.1) is 0 Å². The fourth-order valence-corrected chi connectivity index (χ4v) is 1.78. The summed E-state index contributed by atoms with van der Waals surface area (Å²) in [5.74, 6) is -0.412. The van der Waals surface area contributed by atoms with E-state index in [1.54, 1.807) is 5.38 Å². The molecule has 0 aliphatic heterocycles. The van der Waals surface area contributed by atoms with Crippen LogP contribution in [0.25, 0.3) is 0 Å². The van der Waals surface area contributed by atoms with E-state index in [4.69, 9.17) is 0 Å². The fraction of sp³-hybridized carbons (Fsp3) is 0.545. The predicted octanol–water partition coefficient (Wildman–Crippen LogP) is 2.02. The number of carbonyl (C=O) groups is 2. The Morgan fingerprint density at radius 1 is 1.47 bits per heavy atom. The van der Waals surface area contributed by atoms with E-state index in [1.165, 1.54) is 18.3 Å². The zero-order valence-electron chi connectivity index (χ0n) is 10.5. The second kappa shape index (κ2) is 5.27. The predicted molar refractivity (Wildman–Crippen MR) is 68.3 cm³/mol. The van der Waals surface area contributed by atoms with Gasteiger partial charge in [0, 0.05) is 17.8 Å². The zero-order valence-corrected chi connectivity index (χ0v) is 11.3. The van der Waals surface area contributed by atoms with Crippen LogP contribution >= 0.6 is 11.3 Å². The van der Waals surface area contributed by atoms with Gasteiger partial charge in [-0.25, -0.2) is 4.98 Å². The Morgan fingerprint density at radius 3 is 2.65 bits per heavy atom. The molecule has 0 aromatic carbocycles. The molecule has 0 spiro atoms. The monoisotopic (exact) mass is 255 g/mol. The highest BCUT2D eigenvalue weighted by atomic mass is 32.1. The van der Waals surface area contributed by atoms with Crippen LogP contribution < -0.4 is 10.6 Å². The van der Waals surface area contributed by atoms with Gasteiger partial charge in [0.25, 0.3) is 5.91 Å². The lowest BCUT2D eigenvalue weighted by Crippen LogP contribution is -2.42. The van der Waals surface area contributed by atoms with Crippen LogP contribution in [0.2, 0.25) is 0 Å².